The Hall–Kier alpha value is -1.18. The highest BCUT2D eigenvalue weighted by Crippen LogP contribution is 2.11. The zero-order chi connectivity index (χ0) is 13.9. The van der Waals surface area contributed by atoms with Crippen LogP contribution in [0.3, 0.4) is 0 Å². The Labute approximate surface area is 113 Å². The fourth-order valence-electron chi connectivity index (χ4n) is 1.64. The number of hydrogen-bond acceptors (Lipinski definition) is 5. The van der Waals surface area contributed by atoms with Gasteiger partial charge in [0.1, 0.15) is 12.7 Å². The lowest BCUT2D eigenvalue weighted by atomic mass is 10.2. The highest BCUT2D eigenvalue weighted by atomic mass is 16.5. The molecule has 0 aromatic carbocycles. The van der Waals surface area contributed by atoms with Crippen LogP contribution in [0.4, 0.5) is 0 Å². The summed E-state index contributed by atoms with van der Waals surface area (Å²) in [7, 11) is 1.57. The second-order valence-corrected chi connectivity index (χ2v) is 4.19. The van der Waals surface area contributed by atoms with Gasteiger partial charge in [0, 0.05) is 26.8 Å². The summed E-state index contributed by atoms with van der Waals surface area (Å²) in [5.41, 5.74) is 0. The van der Waals surface area contributed by atoms with E-state index in [1.54, 1.807) is 7.11 Å². The standard InChI is InChI=1S/C12H22N2O5/c1-17-7-8-18-9-11(15)13-4-5-14-12(16)10-3-2-6-19-10/h10H,2-9H2,1H3,(H,13,15)(H,14,16). The first-order valence-electron chi connectivity index (χ1n) is 6.46. The Morgan fingerprint density at radius 2 is 2.05 bits per heavy atom. The molecule has 0 bridgehead atoms. The van der Waals surface area contributed by atoms with E-state index in [2.05, 4.69) is 10.6 Å². The van der Waals surface area contributed by atoms with Crippen molar-refractivity contribution in [2.75, 3.05) is 46.6 Å². The normalized spacial score (nSPS) is 18.3. The molecular formula is C12H22N2O5. The molecule has 0 radical (unpaired) electrons. The molecule has 7 heteroatoms. The van der Waals surface area contributed by atoms with E-state index in [1.807, 2.05) is 0 Å². The van der Waals surface area contributed by atoms with Gasteiger partial charge in [-0.2, -0.15) is 0 Å². The minimum atomic E-state index is -0.326. The van der Waals surface area contributed by atoms with Gasteiger partial charge in [0.05, 0.1) is 13.2 Å². The lowest BCUT2D eigenvalue weighted by Gasteiger charge is -2.11. The predicted molar refractivity (Wildman–Crippen MR) is 67.7 cm³/mol. The van der Waals surface area contributed by atoms with Gasteiger partial charge in [0.15, 0.2) is 0 Å². The summed E-state index contributed by atoms with van der Waals surface area (Å²) < 4.78 is 15.1. The maximum atomic E-state index is 11.5. The molecule has 0 aromatic heterocycles. The highest BCUT2D eigenvalue weighted by Gasteiger charge is 2.22. The van der Waals surface area contributed by atoms with Gasteiger partial charge in [-0.15, -0.1) is 0 Å². The number of ether oxygens (including phenoxy) is 3. The van der Waals surface area contributed by atoms with E-state index in [9.17, 15) is 9.59 Å². The van der Waals surface area contributed by atoms with Gasteiger partial charge in [-0.05, 0) is 12.8 Å². The molecule has 1 rings (SSSR count). The maximum absolute atomic E-state index is 11.5. The third-order valence-electron chi connectivity index (χ3n) is 2.63. The molecule has 1 saturated heterocycles. The van der Waals surface area contributed by atoms with Crippen LogP contribution < -0.4 is 10.6 Å². The number of carbonyl (C=O) groups is 2. The van der Waals surface area contributed by atoms with Crippen molar-refractivity contribution in [1.29, 1.82) is 0 Å². The fourth-order valence-corrected chi connectivity index (χ4v) is 1.64. The van der Waals surface area contributed by atoms with Crippen LogP contribution in [0.5, 0.6) is 0 Å². The molecule has 1 aliphatic heterocycles. The van der Waals surface area contributed by atoms with Crippen LogP contribution in [0.25, 0.3) is 0 Å². The van der Waals surface area contributed by atoms with Crippen LogP contribution in [0.1, 0.15) is 12.8 Å². The van der Waals surface area contributed by atoms with Crippen molar-refractivity contribution in [3.63, 3.8) is 0 Å². The van der Waals surface area contributed by atoms with Gasteiger partial charge in [0.25, 0.3) is 0 Å². The van der Waals surface area contributed by atoms with Crippen LogP contribution >= 0.6 is 0 Å². The number of hydrogen-bond donors (Lipinski definition) is 2. The van der Waals surface area contributed by atoms with Gasteiger partial charge in [-0.25, -0.2) is 0 Å². The van der Waals surface area contributed by atoms with Crippen molar-refractivity contribution in [2.45, 2.75) is 18.9 Å². The molecule has 1 aliphatic rings. The van der Waals surface area contributed by atoms with Crippen molar-refractivity contribution in [3.05, 3.63) is 0 Å². The largest absolute Gasteiger partial charge is 0.382 e. The maximum Gasteiger partial charge on any atom is 0.249 e. The summed E-state index contributed by atoms with van der Waals surface area (Å²) in [5, 5.41) is 5.36. The summed E-state index contributed by atoms with van der Waals surface area (Å²) in [6.45, 7) is 2.27. The summed E-state index contributed by atoms with van der Waals surface area (Å²) in [6.07, 6.45) is 1.37. The predicted octanol–water partition coefficient (Wildman–Crippen LogP) is -0.939. The minimum absolute atomic E-state index is 0.00302. The summed E-state index contributed by atoms with van der Waals surface area (Å²) >= 11 is 0. The molecule has 2 N–H and O–H groups in total. The van der Waals surface area contributed by atoms with E-state index in [0.29, 0.717) is 32.9 Å². The van der Waals surface area contributed by atoms with E-state index >= 15 is 0 Å². The summed E-state index contributed by atoms with van der Waals surface area (Å²) in [4.78, 5) is 22.8. The van der Waals surface area contributed by atoms with Crippen molar-refractivity contribution in [3.8, 4) is 0 Å². The monoisotopic (exact) mass is 274 g/mol. The molecule has 7 nitrogen and oxygen atoms in total. The lowest BCUT2D eigenvalue weighted by molar-refractivity contribution is -0.130. The summed E-state index contributed by atoms with van der Waals surface area (Å²) in [6, 6.07) is 0. The smallest absolute Gasteiger partial charge is 0.249 e. The lowest BCUT2D eigenvalue weighted by Crippen LogP contribution is -2.40. The molecule has 19 heavy (non-hydrogen) atoms. The molecule has 0 aliphatic carbocycles. The topological polar surface area (TPSA) is 85.9 Å². The Kier molecular flexibility index (Phi) is 8.11. The van der Waals surface area contributed by atoms with E-state index < -0.39 is 0 Å². The van der Waals surface area contributed by atoms with Gasteiger partial charge >= 0.3 is 0 Å². The van der Waals surface area contributed by atoms with E-state index in [-0.39, 0.29) is 24.5 Å². The molecule has 0 aromatic rings. The Morgan fingerprint density at radius 1 is 1.26 bits per heavy atom. The third kappa shape index (κ3) is 7.09. The van der Waals surface area contributed by atoms with Crippen LogP contribution in [-0.2, 0) is 23.8 Å². The van der Waals surface area contributed by atoms with Crippen LogP contribution in [0, 0.1) is 0 Å². The molecule has 2 amide bonds. The number of carbonyl (C=O) groups excluding carboxylic acids is 2. The van der Waals surface area contributed by atoms with Gasteiger partial charge < -0.3 is 24.8 Å². The van der Waals surface area contributed by atoms with Crippen molar-refractivity contribution >= 4 is 11.8 Å². The van der Waals surface area contributed by atoms with Gasteiger partial charge in [-0.3, -0.25) is 9.59 Å². The quantitative estimate of drug-likeness (QED) is 0.530. The molecule has 110 valence electrons. The number of rotatable bonds is 9. The zero-order valence-corrected chi connectivity index (χ0v) is 11.3. The fraction of sp³-hybridized carbons (Fsp3) is 0.833. The van der Waals surface area contributed by atoms with Crippen LogP contribution in [-0.4, -0.2) is 64.5 Å². The zero-order valence-electron chi connectivity index (χ0n) is 11.3. The van der Waals surface area contributed by atoms with E-state index in [1.165, 1.54) is 0 Å². The molecule has 1 atom stereocenters. The Bertz CT molecular complexity index is 279. The Morgan fingerprint density at radius 3 is 2.74 bits per heavy atom. The molecule has 1 heterocycles. The molecule has 1 unspecified atom stereocenters. The SMILES string of the molecule is COCCOCC(=O)NCCNC(=O)C1CCCO1. The van der Waals surface area contributed by atoms with Gasteiger partial charge in [0.2, 0.25) is 11.8 Å². The Balaban J connectivity index is 1.94. The number of amides is 2. The first kappa shape index (κ1) is 15.9. The van der Waals surface area contributed by atoms with E-state index in [4.69, 9.17) is 14.2 Å². The molecule has 0 spiro atoms. The van der Waals surface area contributed by atoms with Crippen molar-refractivity contribution in [2.24, 2.45) is 0 Å². The van der Waals surface area contributed by atoms with Crippen molar-refractivity contribution in [1.82, 2.24) is 10.6 Å². The highest BCUT2D eigenvalue weighted by molar-refractivity contribution is 5.81. The van der Waals surface area contributed by atoms with E-state index in [0.717, 1.165) is 12.8 Å². The average Bonchev–Trinajstić information content (AvgIpc) is 2.93. The minimum Gasteiger partial charge on any atom is -0.382 e. The summed E-state index contributed by atoms with van der Waals surface area (Å²) in [5.74, 6) is -0.314. The number of nitrogens with one attached hydrogen (secondary N) is 2. The molecular weight excluding hydrogens is 252 g/mol. The third-order valence-corrected chi connectivity index (χ3v) is 2.63. The average molecular weight is 274 g/mol. The first-order valence-corrected chi connectivity index (χ1v) is 6.46. The first-order chi connectivity index (χ1) is 9.24. The number of methoxy groups -OCH3 is 1. The molecule has 1 fully saturated rings. The van der Waals surface area contributed by atoms with Crippen molar-refractivity contribution < 1.29 is 23.8 Å². The molecule has 0 saturated carbocycles. The second kappa shape index (κ2) is 9.71. The second-order valence-electron chi connectivity index (χ2n) is 4.19. The van der Waals surface area contributed by atoms with Crippen LogP contribution in [0.15, 0.2) is 0 Å². The van der Waals surface area contributed by atoms with Gasteiger partial charge in [-0.1, -0.05) is 0 Å². The van der Waals surface area contributed by atoms with Crippen LogP contribution in [0.2, 0.25) is 0 Å².